The molecule has 4 unspecified atom stereocenters. The first-order chi connectivity index (χ1) is 7.58. The van der Waals surface area contributed by atoms with Crippen LogP contribution in [0.3, 0.4) is 0 Å². The number of rotatable bonds is 0. The van der Waals surface area contributed by atoms with E-state index in [2.05, 4.69) is 9.88 Å². The van der Waals surface area contributed by atoms with Gasteiger partial charge in [-0.15, -0.1) is 0 Å². The van der Waals surface area contributed by atoms with E-state index >= 15 is 0 Å². The number of hydroxylamine groups is 8. The first-order valence-corrected chi connectivity index (χ1v) is 4.78. The third-order valence-electron chi connectivity index (χ3n) is 3.29. The van der Waals surface area contributed by atoms with E-state index in [1.165, 1.54) is 0 Å². The van der Waals surface area contributed by atoms with Crippen molar-refractivity contribution in [2.45, 2.75) is 24.5 Å². The van der Waals surface area contributed by atoms with Crippen LogP contribution in [0.5, 0.6) is 0 Å². The highest BCUT2D eigenvalue weighted by molar-refractivity contribution is 5.05. The Labute approximate surface area is 89.6 Å². The van der Waals surface area contributed by atoms with Gasteiger partial charge in [0.2, 0.25) is 0 Å². The van der Waals surface area contributed by atoms with Crippen molar-refractivity contribution in [1.29, 1.82) is 0 Å². The minimum Gasteiger partial charge on any atom is -0.761 e. The highest BCUT2D eigenvalue weighted by Gasteiger charge is 2.51. The molecule has 3 aliphatic rings. The molecule has 4 atom stereocenters. The second-order valence-corrected chi connectivity index (χ2v) is 4.06. The van der Waals surface area contributed by atoms with Gasteiger partial charge < -0.3 is 20.8 Å². The van der Waals surface area contributed by atoms with Crippen molar-refractivity contribution < 1.29 is 9.88 Å². The van der Waals surface area contributed by atoms with Crippen LogP contribution >= 0.6 is 0 Å². The van der Waals surface area contributed by atoms with Gasteiger partial charge in [-0.05, 0) is 6.42 Å². The third kappa shape index (κ3) is 1.38. The molecule has 1 saturated carbocycles. The van der Waals surface area contributed by atoms with E-state index in [1.54, 1.807) is 0 Å². The molecule has 3 fully saturated rings. The lowest BCUT2D eigenvalue weighted by Crippen LogP contribution is -2.54. The summed E-state index contributed by atoms with van der Waals surface area (Å²) in [6.07, 6.45) is 0.193. The molecule has 92 valence electrons. The molecule has 0 aromatic rings. The van der Waals surface area contributed by atoms with Crippen molar-refractivity contribution in [2.75, 3.05) is 6.54 Å². The largest absolute Gasteiger partial charge is 0.761 e. The number of fused-ring (bicyclic) bond motifs is 5. The second kappa shape index (κ2) is 3.54. The van der Waals surface area contributed by atoms with Gasteiger partial charge in [0.1, 0.15) is 0 Å². The SMILES string of the molecule is [O-]N1CC2C3CC(C2N([O-])O1)N([O-])ON3[O-]. The summed E-state index contributed by atoms with van der Waals surface area (Å²) in [5.74, 6) is -0.551. The monoisotopic (exact) mass is 232 g/mol. The Hall–Kier alpha value is -0.400. The van der Waals surface area contributed by atoms with Crippen molar-refractivity contribution in [1.82, 2.24) is 20.9 Å². The summed E-state index contributed by atoms with van der Waals surface area (Å²) < 4.78 is 0. The summed E-state index contributed by atoms with van der Waals surface area (Å²) in [6, 6.07) is -2.27. The summed E-state index contributed by atoms with van der Waals surface area (Å²) in [5.41, 5.74) is 0. The van der Waals surface area contributed by atoms with E-state index in [4.69, 9.17) is 0 Å². The van der Waals surface area contributed by atoms with E-state index in [-0.39, 0.29) is 33.9 Å². The lowest BCUT2D eigenvalue weighted by atomic mass is 10.00. The molecule has 0 aromatic carbocycles. The van der Waals surface area contributed by atoms with E-state index < -0.39 is 24.0 Å². The Balaban J connectivity index is 1.90. The Morgan fingerprint density at radius 1 is 0.875 bits per heavy atom. The van der Waals surface area contributed by atoms with Crippen LogP contribution in [0, 0.1) is 26.7 Å². The second-order valence-electron chi connectivity index (χ2n) is 4.06. The lowest BCUT2D eigenvalue weighted by molar-refractivity contribution is -0.342. The maximum atomic E-state index is 11.4. The molecule has 3 rings (SSSR count). The van der Waals surface area contributed by atoms with Gasteiger partial charge in [-0.2, -0.15) is 0 Å². The molecular formula is C6H8N4O6-4. The first kappa shape index (κ1) is 10.7. The molecule has 10 heteroatoms. The van der Waals surface area contributed by atoms with Crippen LogP contribution in [-0.4, -0.2) is 45.6 Å². The Kier molecular flexibility index (Phi) is 2.38. The summed E-state index contributed by atoms with van der Waals surface area (Å²) in [5, 5.41) is 45.4. The normalized spacial score (nSPS) is 47.2. The predicted molar refractivity (Wildman–Crippen MR) is 47.3 cm³/mol. The maximum Gasteiger partial charge on any atom is 0.0463 e. The van der Waals surface area contributed by atoms with E-state index in [1.807, 2.05) is 0 Å². The molecule has 10 nitrogen and oxygen atoms in total. The molecular weight excluding hydrogens is 224 g/mol. The number of hydrogen-bond acceptors (Lipinski definition) is 10. The molecule has 2 aliphatic heterocycles. The molecule has 2 heterocycles. The summed E-state index contributed by atoms with van der Waals surface area (Å²) in [6.45, 7) is -0.124. The molecule has 1 aliphatic carbocycles. The number of hydrogen-bond donors (Lipinski definition) is 0. The molecule has 0 radical (unpaired) electrons. The van der Waals surface area contributed by atoms with E-state index in [9.17, 15) is 20.8 Å². The van der Waals surface area contributed by atoms with E-state index in [0.717, 1.165) is 0 Å². The molecule has 16 heavy (non-hydrogen) atoms. The van der Waals surface area contributed by atoms with Crippen LogP contribution in [0.1, 0.15) is 6.42 Å². The topological polar surface area (TPSA) is 124 Å². The molecule has 2 saturated heterocycles. The smallest absolute Gasteiger partial charge is 0.0463 e. The molecule has 0 spiro atoms. The van der Waals surface area contributed by atoms with Crippen LogP contribution in [0.4, 0.5) is 0 Å². The summed E-state index contributed by atoms with van der Waals surface area (Å²) >= 11 is 0. The quantitative estimate of drug-likeness (QED) is 0.515. The van der Waals surface area contributed by atoms with Crippen molar-refractivity contribution >= 4 is 0 Å². The Morgan fingerprint density at radius 3 is 2.31 bits per heavy atom. The minimum atomic E-state index is -0.841. The minimum absolute atomic E-state index is 0.0826. The average molecular weight is 232 g/mol. The fourth-order valence-corrected chi connectivity index (χ4v) is 2.60. The Morgan fingerprint density at radius 2 is 1.56 bits per heavy atom. The van der Waals surface area contributed by atoms with Crippen LogP contribution in [-0.2, 0) is 9.88 Å². The zero-order chi connectivity index (χ0) is 11.4. The highest BCUT2D eigenvalue weighted by atomic mass is 17.1. The predicted octanol–water partition coefficient (Wildman–Crippen LogP) is -0.968. The summed E-state index contributed by atoms with van der Waals surface area (Å²) in [4.78, 5) is 8.67. The fourth-order valence-electron chi connectivity index (χ4n) is 2.60. The standard InChI is InChI=1S/C6H8N4O6/c11-7-2-3-4-1-5(6(3)10(14)15-7)9(13)16-8(4)12/h3-6H,1-2H2/q-4. The van der Waals surface area contributed by atoms with Crippen LogP contribution < -0.4 is 0 Å². The van der Waals surface area contributed by atoms with Gasteiger partial charge in [0.15, 0.2) is 0 Å². The van der Waals surface area contributed by atoms with Gasteiger partial charge in [0.25, 0.3) is 0 Å². The van der Waals surface area contributed by atoms with Gasteiger partial charge >= 0.3 is 0 Å². The van der Waals surface area contributed by atoms with Crippen molar-refractivity contribution in [2.24, 2.45) is 5.92 Å². The third-order valence-corrected chi connectivity index (χ3v) is 3.29. The van der Waals surface area contributed by atoms with Gasteiger partial charge in [-0.3, -0.25) is 0 Å². The van der Waals surface area contributed by atoms with Gasteiger partial charge in [-0.1, -0.05) is 0 Å². The summed E-state index contributed by atoms with van der Waals surface area (Å²) in [7, 11) is 0. The maximum absolute atomic E-state index is 11.4. The Bertz CT molecular complexity index is 294. The molecule has 0 aromatic heterocycles. The fraction of sp³-hybridized carbons (Fsp3) is 1.00. The highest BCUT2D eigenvalue weighted by Crippen LogP contribution is 2.42. The van der Waals surface area contributed by atoms with Gasteiger partial charge in [0.05, 0.1) is 0 Å². The molecule has 0 N–H and O–H groups in total. The van der Waals surface area contributed by atoms with Crippen LogP contribution in [0.15, 0.2) is 0 Å². The zero-order valence-corrected chi connectivity index (χ0v) is 7.96. The van der Waals surface area contributed by atoms with Crippen molar-refractivity contribution in [3.05, 3.63) is 20.8 Å². The van der Waals surface area contributed by atoms with Crippen molar-refractivity contribution in [3.63, 3.8) is 0 Å². The van der Waals surface area contributed by atoms with E-state index in [0.29, 0.717) is 0 Å². The first-order valence-electron chi connectivity index (χ1n) is 4.78. The molecule has 0 amide bonds. The van der Waals surface area contributed by atoms with Gasteiger partial charge in [0, 0.05) is 30.6 Å². The van der Waals surface area contributed by atoms with Crippen molar-refractivity contribution in [3.8, 4) is 0 Å². The lowest BCUT2D eigenvalue weighted by Gasteiger charge is -2.50. The van der Waals surface area contributed by atoms with Gasteiger partial charge in [-0.25, -0.2) is 30.8 Å². The average Bonchev–Trinajstić information content (AvgIpc) is 2.52. The van der Waals surface area contributed by atoms with Crippen LogP contribution in [0.25, 0.3) is 0 Å². The molecule has 2 bridgehead atoms. The number of nitrogens with zero attached hydrogens (tertiary/aromatic N) is 4. The zero-order valence-electron chi connectivity index (χ0n) is 7.96. The van der Waals surface area contributed by atoms with Crippen LogP contribution in [0.2, 0.25) is 0 Å².